The number of pyridine rings is 1. The third-order valence-corrected chi connectivity index (χ3v) is 5.16. The molecule has 0 aliphatic rings. The largest absolute Gasteiger partial charge is 0.457 e. The maximum atomic E-state index is 11.8. The van der Waals surface area contributed by atoms with Crippen LogP contribution < -0.4 is 26.4 Å². The number of anilines is 3. The summed E-state index contributed by atoms with van der Waals surface area (Å²) >= 11 is 5.96. The minimum atomic E-state index is -0.277. The number of nitrogen functional groups attached to an aromatic ring is 1. The van der Waals surface area contributed by atoms with Crippen LogP contribution in [0.3, 0.4) is 0 Å². The molecule has 4 aromatic rings. The highest BCUT2D eigenvalue weighted by Gasteiger charge is 2.11. The van der Waals surface area contributed by atoms with Gasteiger partial charge in [0, 0.05) is 38.1 Å². The SMILES string of the molecule is CNC(=O)c1cc(Oc2ccc3c(c2)nc(NCNc2ccc(Cl)c(N)c2)n3C)ccn1. The van der Waals surface area contributed by atoms with Crippen LogP contribution >= 0.6 is 11.6 Å². The van der Waals surface area contributed by atoms with Crippen LogP contribution in [0.1, 0.15) is 10.5 Å². The van der Waals surface area contributed by atoms with E-state index in [9.17, 15) is 4.79 Å². The van der Waals surface area contributed by atoms with E-state index in [0.717, 1.165) is 16.7 Å². The minimum absolute atomic E-state index is 0.277. The Bertz CT molecular complexity index is 1290. The maximum absolute atomic E-state index is 11.8. The average Bonchev–Trinajstić information content (AvgIpc) is 3.10. The summed E-state index contributed by atoms with van der Waals surface area (Å²) in [7, 11) is 3.48. The molecule has 0 bridgehead atoms. The monoisotopic (exact) mass is 451 g/mol. The van der Waals surface area contributed by atoms with E-state index in [0.29, 0.717) is 34.8 Å². The quantitative estimate of drug-likeness (QED) is 0.249. The van der Waals surface area contributed by atoms with Crippen LogP contribution in [0.25, 0.3) is 11.0 Å². The first-order valence-electron chi connectivity index (χ1n) is 9.80. The fourth-order valence-electron chi connectivity index (χ4n) is 3.14. The van der Waals surface area contributed by atoms with Crippen LogP contribution in [0.15, 0.2) is 54.7 Å². The van der Waals surface area contributed by atoms with Crippen LogP contribution in [0, 0.1) is 0 Å². The molecule has 0 fully saturated rings. The van der Waals surface area contributed by atoms with Gasteiger partial charge in [-0.1, -0.05) is 11.6 Å². The standard InChI is InChI=1S/C22H22ClN7O2/c1-25-21(31)19-11-15(7-8-26-19)32-14-4-6-20-18(10-14)29-22(30(20)2)28-12-27-13-3-5-16(23)17(24)9-13/h3-11,27H,12,24H2,1-2H3,(H,25,31)(H,28,29). The van der Waals surface area contributed by atoms with Gasteiger partial charge < -0.3 is 31.0 Å². The molecule has 0 spiro atoms. The van der Waals surface area contributed by atoms with E-state index < -0.39 is 0 Å². The van der Waals surface area contributed by atoms with Crippen molar-refractivity contribution >= 4 is 45.9 Å². The highest BCUT2D eigenvalue weighted by atomic mass is 35.5. The molecular weight excluding hydrogens is 430 g/mol. The van der Waals surface area contributed by atoms with Gasteiger partial charge >= 0.3 is 0 Å². The molecule has 0 saturated carbocycles. The van der Waals surface area contributed by atoms with Gasteiger partial charge in [-0.3, -0.25) is 9.78 Å². The van der Waals surface area contributed by atoms with Crippen LogP contribution in [0.5, 0.6) is 11.5 Å². The zero-order chi connectivity index (χ0) is 22.7. The number of nitrogens with two attached hydrogens (primary N) is 1. The predicted molar refractivity (Wildman–Crippen MR) is 126 cm³/mol. The molecule has 10 heteroatoms. The second-order valence-corrected chi connectivity index (χ2v) is 7.38. The van der Waals surface area contributed by atoms with Crippen molar-refractivity contribution in [2.75, 3.05) is 30.1 Å². The molecule has 2 aromatic heterocycles. The Hall–Kier alpha value is -3.98. The summed E-state index contributed by atoms with van der Waals surface area (Å²) in [4.78, 5) is 20.5. The number of hydrogen-bond acceptors (Lipinski definition) is 7. The zero-order valence-corrected chi connectivity index (χ0v) is 18.3. The Kier molecular flexibility index (Phi) is 6.00. The van der Waals surface area contributed by atoms with Gasteiger partial charge in [0.1, 0.15) is 17.2 Å². The van der Waals surface area contributed by atoms with Crippen molar-refractivity contribution in [2.24, 2.45) is 7.05 Å². The minimum Gasteiger partial charge on any atom is -0.457 e. The van der Waals surface area contributed by atoms with Gasteiger partial charge in [0.25, 0.3) is 5.91 Å². The lowest BCUT2D eigenvalue weighted by Gasteiger charge is -2.10. The summed E-state index contributed by atoms with van der Waals surface area (Å²) in [5.74, 6) is 1.53. The molecule has 4 rings (SSSR count). The van der Waals surface area contributed by atoms with E-state index in [4.69, 9.17) is 22.1 Å². The van der Waals surface area contributed by atoms with E-state index in [2.05, 4.69) is 25.9 Å². The molecule has 0 atom stereocenters. The fraction of sp³-hybridized carbons (Fsp3) is 0.136. The lowest BCUT2D eigenvalue weighted by molar-refractivity contribution is 0.0958. The molecule has 0 aliphatic heterocycles. The maximum Gasteiger partial charge on any atom is 0.269 e. The Labute approximate surface area is 189 Å². The van der Waals surface area contributed by atoms with Crippen molar-refractivity contribution in [1.29, 1.82) is 0 Å². The first-order valence-corrected chi connectivity index (χ1v) is 10.2. The zero-order valence-electron chi connectivity index (χ0n) is 17.5. The molecule has 32 heavy (non-hydrogen) atoms. The molecule has 1 amide bonds. The Morgan fingerprint density at radius 1 is 1.12 bits per heavy atom. The van der Waals surface area contributed by atoms with Crippen LogP contribution in [0.4, 0.5) is 17.3 Å². The van der Waals surface area contributed by atoms with Crippen LogP contribution in [0.2, 0.25) is 5.02 Å². The number of aromatic nitrogens is 3. The van der Waals surface area contributed by atoms with Gasteiger partial charge in [-0.15, -0.1) is 0 Å². The van der Waals surface area contributed by atoms with Gasteiger partial charge in [0.15, 0.2) is 0 Å². The van der Waals surface area contributed by atoms with Gasteiger partial charge in [0.2, 0.25) is 5.95 Å². The van der Waals surface area contributed by atoms with Crippen molar-refractivity contribution < 1.29 is 9.53 Å². The molecule has 5 N–H and O–H groups in total. The van der Waals surface area contributed by atoms with Crippen molar-refractivity contribution in [1.82, 2.24) is 19.9 Å². The number of nitrogens with one attached hydrogen (secondary N) is 3. The normalized spacial score (nSPS) is 10.7. The van der Waals surface area contributed by atoms with E-state index in [1.165, 1.54) is 6.20 Å². The predicted octanol–water partition coefficient (Wildman–Crippen LogP) is 3.84. The Morgan fingerprint density at radius 2 is 1.94 bits per heavy atom. The average molecular weight is 452 g/mol. The number of hydrogen-bond donors (Lipinski definition) is 4. The van der Waals surface area contributed by atoms with Crippen molar-refractivity contribution in [3.63, 3.8) is 0 Å². The highest BCUT2D eigenvalue weighted by molar-refractivity contribution is 6.33. The summed E-state index contributed by atoms with van der Waals surface area (Å²) in [6.45, 7) is 0.445. The topological polar surface area (TPSA) is 119 Å². The summed E-state index contributed by atoms with van der Waals surface area (Å²) < 4.78 is 7.86. The first kappa shape index (κ1) is 21.3. The number of fused-ring (bicyclic) bond motifs is 1. The smallest absolute Gasteiger partial charge is 0.269 e. The second kappa shape index (κ2) is 9.03. The number of carbonyl (C=O) groups excluding carboxylic acids is 1. The molecule has 0 saturated heterocycles. The van der Waals surface area contributed by atoms with Gasteiger partial charge in [-0.2, -0.15) is 0 Å². The summed E-state index contributed by atoms with van der Waals surface area (Å²) in [5, 5.41) is 9.55. The molecule has 2 aromatic carbocycles. The number of amides is 1. The molecule has 0 unspecified atom stereocenters. The third-order valence-electron chi connectivity index (χ3n) is 4.81. The van der Waals surface area contributed by atoms with Crippen molar-refractivity contribution in [2.45, 2.75) is 0 Å². The molecule has 164 valence electrons. The van der Waals surface area contributed by atoms with Crippen LogP contribution in [-0.4, -0.2) is 34.2 Å². The Morgan fingerprint density at radius 3 is 2.72 bits per heavy atom. The van der Waals surface area contributed by atoms with Gasteiger partial charge in [0.05, 0.1) is 28.4 Å². The second-order valence-electron chi connectivity index (χ2n) is 6.97. The van der Waals surface area contributed by atoms with Crippen molar-refractivity contribution in [3.05, 3.63) is 65.4 Å². The molecular formula is C22H22ClN7O2. The number of ether oxygens (including phenoxy) is 1. The highest BCUT2D eigenvalue weighted by Crippen LogP contribution is 2.27. The summed E-state index contributed by atoms with van der Waals surface area (Å²) in [6.07, 6.45) is 1.53. The number of imidazole rings is 1. The lowest BCUT2D eigenvalue weighted by Crippen LogP contribution is -2.18. The molecule has 9 nitrogen and oxygen atoms in total. The summed E-state index contributed by atoms with van der Waals surface area (Å²) in [5.41, 5.74) is 9.19. The number of halogens is 1. The van der Waals surface area contributed by atoms with E-state index >= 15 is 0 Å². The number of benzene rings is 2. The molecule has 0 radical (unpaired) electrons. The summed E-state index contributed by atoms with van der Waals surface area (Å²) in [6, 6.07) is 14.3. The first-order chi connectivity index (χ1) is 15.4. The van der Waals surface area contributed by atoms with E-state index in [1.54, 1.807) is 31.3 Å². The fourth-order valence-corrected chi connectivity index (χ4v) is 3.26. The van der Waals surface area contributed by atoms with E-state index in [-0.39, 0.29) is 11.6 Å². The number of carbonyl (C=O) groups is 1. The number of rotatable bonds is 7. The molecule has 0 aliphatic carbocycles. The van der Waals surface area contributed by atoms with E-state index in [1.807, 2.05) is 35.9 Å². The molecule has 2 heterocycles. The number of aryl methyl sites for hydroxylation is 1. The Balaban J connectivity index is 1.47. The third kappa shape index (κ3) is 4.52. The van der Waals surface area contributed by atoms with Gasteiger partial charge in [-0.05, 0) is 36.4 Å². The van der Waals surface area contributed by atoms with Crippen LogP contribution in [-0.2, 0) is 7.05 Å². The number of nitrogens with zero attached hydrogens (tertiary/aromatic N) is 3. The van der Waals surface area contributed by atoms with Gasteiger partial charge in [-0.25, -0.2) is 4.98 Å². The lowest BCUT2D eigenvalue weighted by atomic mass is 10.3. The van der Waals surface area contributed by atoms with Crippen molar-refractivity contribution in [3.8, 4) is 11.5 Å².